The van der Waals surface area contributed by atoms with Crippen LogP contribution < -0.4 is 10.6 Å². The van der Waals surface area contributed by atoms with E-state index in [1.54, 1.807) is 7.05 Å². The number of hydrogen-bond donors (Lipinski definition) is 2. The van der Waals surface area contributed by atoms with Gasteiger partial charge in [-0.1, -0.05) is 25.4 Å². The summed E-state index contributed by atoms with van der Waals surface area (Å²) in [5.41, 5.74) is 2.12. The standard InChI is InChI=1S/C17H30N4O3.HI/c1-5-14-13(15(6-2)24-21-14)12-20-17(18-3)19-11-9-7-8-10-16(22)23-4;/h5-12H2,1-4H3,(H2,18,19,20);1H. The fourth-order valence-corrected chi connectivity index (χ4v) is 2.41. The maximum absolute atomic E-state index is 11.0. The summed E-state index contributed by atoms with van der Waals surface area (Å²) in [7, 11) is 3.17. The van der Waals surface area contributed by atoms with Crippen LogP contribution in [0.3, 0.4) is 0 Å². The van der Waals surface area contributed by atoms with Gasteiger partial charge in [0, 0.05) is 38.5 Å². The molecule has 1 rings (SSSR count). The number of nitrogens with zero attached hydrogens (tertiary/aromatic N) is 2. The number of hydrogen-bond acceptors (Lipinski definition) is 5. The summed E-state index contributed by atoms with van der Waals surface area (Å²) in [6, 6.07) is 0. The Morgan fingerprint density at radius 2 is 1.96 bits per heavy atom. The monoisotopic (exact) mass is 466 g/mol. The number of carbonyl (C=O) groups is 1. The largest absolute Gasteiger partial charge is 0.469 e. The van der Waals surface area contributed by atoms with Crippen LogP contribution >= 0.6 is 24.0 Å². The van der Waals surface area contributed by atoms with E-state index in [1.165, 1.54) is 7.11 Å². The number of aryl methyl sites for hydroxylation is 2. The van der Waals surface area contributed by atoms with Gasteiger partial charge < -0.3 is 19.9 Å². The highest BCUT2D eigenvalue weighted by atomic mass is 127. The van der Waals surface area contributed by atoms with E-state index in [-0.39, 0.29) is 29.9 Å². The average molecular weight is 466 g/mol. The molecule has 25 heavy (non-hydrogen) atoms. The van der Waals surface area contributed by atoms with Crippen LogP contribution in [0.5, 0.6) is 0 Å². The topological polar surface area (TPSA) is 88.8 Å². The van der Waals surface area contributed by atoms with Crippen LogP contribution in [0.4, 0.5) is 0 Å². The molecule has 0 saturated heterocycles. The van der Waals surface area contributed by atoms with E-state index in [9.17, 15) is 4.79 Å². The molecule has 2 N–H and O–H groups in total. The summed E-state index contributed by atoms with van der Waals surface area (Å²) in [6.45, 7) is 5.59. The minimum absolute atomic E-state index is 0. The van der Waals surface area contributed by atoms with Gasteiger partial charge in [0.1, 0.15) is 5.76 Å². The number of nitrogens with one attached hydrogen (secondary N) is 2. The highest BCUT2D eigenvalue weighted by Gasteiger charge is 2.13. The molecule has 0 bridgehead atoms. The Kier molecular flexibility index (Phi) is 13.2. The summed E-state index contributed by atoms with van der Waals surface area (Å²) in [4.78, 5) is 15.2. The lowest BCUT2D eigenvalue weighted by Gasteiger charge is -2.12. The maximum atomic E-state index is 11.0. The highest BCUT2D eigenvalue weighted by Crippen LogP contribution is 2.15. The zero-order valence-electron chi connectivity index (χ0n) is 15.7. The molecule has 8 heteroatoms. The third-order valence-electron chi connectivity index (χ3n) is 3.84. The molecule has 0 aliphatic heterocycles. The molecular weight excluding hydrogens is 435 g/mol. The van der Waals surface area contributed by atoms with Gasteiger partial charge in [-0.2, -0.15) is 0 Å². The molecule has 0 aliphatic rings. The van der Waals surface area contributed by atoms with Crippen LogP contribution in [0, 0.1) is 0 Å². The fourth-order valence-electron chi connectivity index (χ4n) is 2.41. The third-order valence-corrected chi connectivity index (χ3v) is 3.84. The molecule has 0 aromatic carbocycles. The van der Waals surface area contributed by atoms with E-state index in [0.29, 0.717) is 13.0 Å². The first-order valence-corrected chi connectivity index (χ1v) is 8.63. The molecule has 0 unspecified atom stereocenters. The van der Waals surface area contributed by atoms with Gasteiger partial charge in [-0.05, 0) is 19.3 Å². The Hall–Kier alpha value is -1.32. The van der Waals surface area contributed by atoms with Gasteiger partial charge in [0.05, 0.1) is 12.8 Å². The number of guanidine groups is 1. The Balaban J connectivity index is 0.00000576. The summed E-state index contributed by atoms with van der Waals surface area (Å²) < 4.78 is 9.99. The number of unbranched alkanes of at least 4 members (excludes halogenated alkanes) is 2. The first kappa shape index (κ1) is 23.7. The summed E-state index contributed by atoms with van der Waals surface area (Å²) in [5.74, 6) is 1.54. The lowest BCUT2D eigenvalue weighted by atomic mass is 10.1. The molecule has 0 saturated carbocycles. The van der Waals surface area contributed by atoms with E-state index in [0.717, 1.165) is 61.6 Å². The van der Waals surface area contributed by atoms with Gasteiger partial charge in [-0.15, -0.1) is 24.0 Å². The second kappa shape index (κ2) is 13.9. The van der Waals surface area contributed by atoms with Crippen molar-refractivity contribution in [1.82, 2.24) is 15.8 Å². The predicted octanol–water partition coefficient (Wildman–Crippen LogP) is 2.82. The molecule has 0 fully saturated rings. The molecule has 0 radical (unpaired) electrons. The van der Waals surface area contributed by atoms with Crippen LogP contribution in [-0.2, 0) is 28.9 Å². The molecule has 7 nitrogen and oxygen atoms in total. The van der Waals surface area contributed by atoms with Crippen LogP contribution in [0.15, 0.2) is 9.52 Å². The minimum atomic E-state index is -0.146. The van der Waals surface area contributed by atoms with Crippen LogP contribution in [0.2, 0.25) is 0 Å². The van der Waals surface area contributed by atoms with Crippen molar-refractivity contribution >= 4 is 35.9 Å². The molecule has 0 spiro atoms. The van der Waals surface area contributed by atoms with Crippen LogP contribution in [0.25, 0.3) is 0 Å². The number of esters is 1. The zero-order valence-corrected chi connectivity index (χ0v) is 18.0. The van der Waals surface area contributed by atoms with Gasteiger partial charge >= 0.3 is 5.97 Å². The van der Waals surface area contributed by atoms with E-state index in [2.05, 4.69) is 39.4 Å². The lowest BCUT2D eigenvalue weighted by molar-refractivity contribution is -0.140. The van der Waals surface area contributed by atoms with Crippen molar-refractivity contribution in [2.45, 2.75) is 58.9 Å². The zero-order chi connectivity index (χ0) is 17.8. The third kappa shape index (κ3) is 8.55. The Labute approximate surface area is 167 Å². The number of aliphatic imine (C=N–C) groups is 1. The van der Waals surface area contributed by atoms with Crippen LogP contribution in [0.1, 0.15) is 56.5 Å². The average Bonchev–Trinajstić information content (AvgIpc) is 3.02. The number of methoxy groups -OCH3 is 1. The molecule has 0 amide bonds. The number of rotatable bonds is 10. The van der Waals surface area contributed by atoms with Crippen molar-refractivity contribution in [3.63, 3.8) is 0 Å². The van der Waals surface area contributed by atoms with Gasteiger partial charge in [0.25, 0.3) is 0 Å². The van der Waals surface area contributed by atoms with E-state index >= 15 is 0 Å². The van der Waals surface area contributed by atoms with E-state index in [1.807, 2.05) is 0 Å². The van der Waals surface area contributed by atoms with Crippen molar-refractivity contribution in [2.24, 2.45) is 4.99 Å². The quantitative estimate of drug-likeness (QED) is 0.181. The van der Waals surface area contributed by atoms with E-state index < -0.39 is 0 Å². The molecule has 1 aromatic rings. The normalized spacial score (nSPS) is 11.0. The SMILES string of the molecule is CCc1noc(CC)c1CNC(=NC)NCCCCCC(=O)OC.I. The number of ether oxygens (including phenoxy) is 1. The van der Waals surface area contributed by atoms with E-state index in [4.69, 9.17) is 4.52 Å². The van der Waals surface area contributed by atoms with Crippen molar-refractivity contribution in [3.05, 3.63) is 17.0 Å². The van der Waals surface area contributed by atoms with Gasteiger partial charge in [-0.3, -0.25) is 9.79 Å². The summed E-state index contributed by atoms with van der Waals surface area (Å²) >= 11 is 0. The summed E-state index contributed by atoms with van der Waals surface area (Å²) in [5, 5.41) is 10.7. The molecule has 1 aromatic heterocycles. The second-order valence-electron chi connectivity index (χ2n) is 5.48. The van der Waals surface area contributed by atoms with Crippen LogP contribution in [-0.4, -0.2) is 37.8 Å². The molecular formula is C17H31IN4O3. The van der Waals surface area contributed by atoms with Crippen molar-refractivity contribution in [1.29, 1.82) is 0 Å². The van der Waals surface area contributed by atoms with Crippen molar-refractivity contribution in [3.8, 4) is 0 Å². The van der Waals surface area contributed by atoms with Gasteiger partial charge in [0.2, 0.25) is 0 Å². The predicted molar refractivity (Wildman–Crippen MR) is 109 cm³/mol. The molecule has 144 valence electrons. The van der Waals surface area contributed by atoms with Crippen molar-refractivity contribution < 1.29 is 14.1 Å². The second-order valence-corrected chi connectivity index (χ2v) is 5.48. The minimum Gasteiger partial charge on any atom is -0.469 e. The van der Waals surface area contributed by atoms with Gasteiger partial charge in [-0.25, -0.2) is 0 Å². The Morgan fingerprint density at radius 3 is 2.56 bits per heavy atom. The highest BCUT2D eigenvalue weighted by molar-refractivity contribution is 14.0. The smallest absolute Gasteiger partial charge is 0.305 e. The first-order chi connectivity index (χ1) is 11.7. The lowest BCUT2D eigenvalue weighted by Crippen LogP contribution is -2.37. The Morgan fingerprint density at radius 1 is 1.20 bits per heavy atom. The number of aromatic nitrogens is 1. The number of carbonyl (C=O) groups excluding carboxylic acids is 1. The fraction of sp³-hybridized carbons (Fsp3) is 0.706. The number of halogens is 1. The maximum Gasteiger partial charge on any atom is 0.305 e. The van der Waals surface area contributed by atoms with Crippen molar-refractivity contribution in [2.75, 3.05) is 20.7 Å². The van der Waals surface area contributed by atoms with Gasteiger partial charge in [0.15, 0.2) is 5.96 Å². The summed E-state index contributed by atoms with van der Waals surface area (Å²) in [6.07, 6.45) is 4.97. The molecule has 0 aliphatic carbocycles. The Bertz CT molecular complexity index is 510. The molecule has 0 atom stereocenters. The molecule has 1 heterocycles. The first-order valence-electron chi connectivity index (χ1n) is 8.63.